The van der Waals surface area contributed by atoms with E-state index in [0.717, 1.165) is 5.76 Å². The molecule has 0 saturated carbocycles. The lowest BCUT2D eigenvalue weighted by Gasteiger charge is -2.23. The van der Waals surface area contributed by atoms with Crippen molar-refractivity contribution in [1.29, 1.82) is 0 Å². The number of nitrogens with one attached hydrogen (secondary N) is 1. The quantitative estimate of drug-likeness (QED) is 0.919. The Bertz CT molecular complexity index is 708. The maximum absolute atomic E-state index is 12.2. The summed E-state index contributed by atoms with van der Waals surface area (Å²) in [6, 6.07) is 12.8. The zero-order chi connectivity index (χ0) is 16.1. The molecule has 1 N–H and O–H groups in total. The number of rotatable bonds is 5. The van der Waals surface area contributed by atoms with Gasteiger partial charge < -0.3 is 9.73 Å². The third kappa shape index (κ3) is 3.66. The van der Waals surface area contributed by atoms with Gasteiger partial charge in [0.05, 0.1) is 12.0 Å². The fourth-order valence-electron chi connectivity index (χ4n) is 2.34. The smallest absolute Gasteiger partial charge is 0.267 e. The normalized spacial score (nSPS) is 14.5. The van der Waals surface area contributed by atoms with Gasteiger partial charge in [0, 0.05) is 25.8 Å². The second-order valence-electron chi connectivity index (χ2n) is 5.17. The summed E-state index contributed by atoms with van der Waals surface area (Å²) >= 11 is 0. The summed E-state index contributed by atoms with van der Waals surface area (Å²) in [7, 11) is 0. The first-order valence-corrected chi connectivity index (χ1v) is 7.50. The molecule has 2 heterocycles. The molecule has 118 valence electrons. The van der Waals surface area contributed by atoms with Crippen LogP contribution in [0, 0.1) is 0 Å². The number of amides is 2. The van der Waals surface area contributed by atoms with Gasteiger partial charge in [-0.1, -0.05) is 18.2 Å². The van der Waals surface area contributed by atoms with Crippen molar-refractivity contribution in [1.82, 2.24) is 5.32 Å². The number of furan rings is 1. The molecule has 2 aromatic rings. The maximum atomic E-state index is 12.2. The van der Waals surface area contributed by atoms with Crippen LogP contribution in [0.3, 0.4) is 0 Å². The van der Waals surface area contributed by atoms with Gasteiger partial charge in [0.25, 0.3) is 5.91 Å². The summed E-state index contributed by atoms with van der Waals surface area (Å²) in [5.41, 5.74) is 1.03. The number of hydrogen-bond acceptors (Lipinski definition) is 4. The molecular weight excluding hydrogens is 294 g/mol. The van der Waals surface area contributed by atoms with Crippen LogP contribution in [0.25, 0.3) is 0 Å². The molecule has 23 heavy (non-hydrogen) atoms. The second-order valence-corrected chi connectivity index (χ2v) is 5.17. The predicted octanol–water partition coefficient (Wildman–Crippen LogP) is 2.12. The minimum absolute atomic E-state index is 0.108. The number of para-hydroxylation sites is 1. The van der Waals surface area contributed by atoms with Crippen LogP contribution in [0.4, 0.5) is 5.69 Å². The van der Waals surface area contributed by atoms with Crippen molar-refractivity contribution in [2.45, 2.75) is 19.3 Å². The lowest BCUT2D eigenvalue weighted by molar-refractivity contribution is -0.118. The van der Waals surface area contributed by atoms with E-state index in [9.17, 15) is 9.59 Å². The van der Waals surface area contributed by atoms with E-state index < -0.39 is 0 Å². The molecule has 0 spiro atoms. The fourth-order valence-corrected chi connectivity index (χ4v) is 2.34. The third-order valence-electron chi connectivity index (χ3n) is 3.53. The Balaban J connectivity index is 1.64. The van der Waals surface area contributed by atoms with Crippen LogP contribution in [0.15, 0.2) is 58.2 Å². The summed E-state index contributed by atoms with van der Waals surface area (Å²) in [5.74, 6) is 0.463. The van der Waals surface area contributed by atoms with Gasteiger partial charge in [-0.3, -0.25) is 9.59 Å². The Morgan fingerprint density at radius 2 is 2.00 bits per heavy atom. The highest BCUT2D eigenvalue weighted by atomic mass is 16.3. The van der Waals surface area contributed by atoms with E-state index in [4.69, 9.17) is 4.42 Å². The molecule has 0 radical (unpaired) electrons. The molecule has 0 unspecified atom stereocenters. The minimum Gasteiger partial charge on any atom is -0.469 e. The summed E-state index contributed by atoms with van der Waals surface area (Å²) in [6.07, 6.45) is 2.85. The molecule has 1 aromatic carbocycles. The molecule has 0 bridgehead atoms. The molecule has 3 rings (SSSR count). The van der Waals surface area contributed by atoms with Gasteiger partial charge in [0.15, 0.2) is 0 Å². The first kappa shape index (κ1) is 15.0. The average Bonchev–Trinajstić information content (AvgIpc) is 3.09. The van der Waals surface area contributed by atoms with E-state index in [2.05, 4.69) is 10.4 Å². The fraction of sp³-hybridized carbons (Fsp3) is 0.235. The van der Waals surface area contributed by atoms with Crippen LogP contribution in [-0.4, -0.2) is 24.1 Å². The lowest BCUT2D eigenvalue weighted by atomic mass is 10.1. The first-order valence-electron chi connectivity index (χ1n) is 7.50. The van der Waals surface area contributed by atoms with E-state index in [-0.39, 0.29) is 18.2 Å². The molecule has 0 atom stereocenters. The van der Waals surface area contributed by atoms with Gasteiger partial charge in [0.1, 0.15) is 11.5 Å². The molecule has 0 saturated heterocycles. The number of benzene rings is 1. The molecule has 1 aliphatic rings. The topological polar surface area (TPSA) is 74.9 Å². The highest BCUT2D eigenvalue weighted by Gasteiger charge is 2.25. The predicted molar refractivity (Wildman–Crippen MR) is 86.0 cm³/mol. The van der Waals surface area contributed by atoms with E-state index in [1.807, 2.05) is 30.3 Å². The van der Waals surface area contributed by atoms with Gasteiger partial charge in [-0.2, -0.15) is 5.10 Å². The molecule has 0 fully saturated rings. The highest BCUT2D eigenvalue weighted by molar-refractivity contribution is 6.40. The Morgan fingerprint density at radius 1 is 1.17 bits per heavy atom. The monoisotopic (exact) mass is 311 g/mol. The summed E-state index contributed by atoms with van der Waals surface area (Å²) in [4.78, 5) is 24.2. The van der Waals surface area contributed by atoms with Crippen molar-refractivity contribution in [2.24, 2.45) is 5.10 Å². The molecule has 1 aromatic heterocycles. The Morgan fingerprint density at radius 3 is 2.74 bits per heavy atom. The third-order valence-corrected chi connectivity index (χ3v) is 3.53. The molecule has 6 nitrogen and oxygen atoms in total. The van der Waals surface area contributed by atoms with E-state index >= 15 is 0 Å². The Kier molecular flexibility index (Phi) is 4.52. The van der Waals surface area contributed by atoms with Crippen LogP contribution in [0.1, 0.15) is 18.6 Å². The van der Waals surface area contributed by atoms with Crippen LogP contribution < -0.4 is 10.3 Å². The summed E-state index contributed by atoms with van der Waals surface area (Å²) in [5, 5.41) is 8.32. The van der Waals surface area contributed by atoms with Gasteiger partial charge in [0.2, 0.25) is 5.91 Å². The molecule has 0 aliphatic carbocycles. The summed E-state index contributed by atoms with van der Waals surface area (Å²) in [6.45, 7) is 0.463. The molecular formula is C17H17N3O3. The van der Waals surface area contributed by atoms with Crippen LogP contribution in [-0.2, 0) is 16.0 Å². The number of anilines is 1. The lowest BCUT2D eigenvalue weighted by Crippen LogP contribution is -2.39. The summed E-state index contributed by atoms with van der Waals surface area (Å²) < 4.78 is 5.22. The average molecular weight is 311 g/mol. The number of hydrogen-bond donors (Lipinski definition) is 1. The van der Waals surface area contributed by atoms with Crippen molar-refractivity contribution in [3.05, 3.63) is 54.5 Å². The van der Waals surface area contributed by atoms with Crippen LogP contribution in [0.2, 0.25) is 0 Å². The zero-order valence-electron chi connectivity index (χ0n) is 12.6. The van der Waals surface area contributed by atoms with E-state index in [1.165, 1.54) is 5.01 Å². The zero-order valence-corrected chi connectivity index (χ0v) is 12.6. The van der Waals surface area contributed by atoms with Gasteiger partial charge >= 0.3 is 0 Å². The molecule has 6 heteroatoms. The highest BCUT2D eigenvalue weighted by Crippen LogP contribution is 2.19. The van der Waals surface area contributed by atoms with E-state index in [0.29, 0.717) is 30.8 Å². The number of carbonyl (C=O) groups excluding carboxylic acids is 2. The van der Waals surface area contributed by atoms with Gasteiger partial charge in [-0.15, -0.1) is 0 Å². The minimum atomic E-state index is -0.245. The van der Waals surface area contributed by atoms with Gasteiger partial charge in [-0.25, -0.2) is 5.01 Å². The van der Waals surface area contributed by atoms with Crippen molar-refractivity contribution in [2.75, 3.05) is 11.6 Å². The second kappa shape index (κ2) is 6.91. The SMILES string of the molecule is O=C(NCCc1ccco1)C1=NN(c2ccccc2)C(=O)CC1. The number of hydrazone groups is 1. The van der Waals surface area contributed by atoms with Crippen molar-refractivity contribution < 1.29 is 14.0 Å². The standard InChI is InChI=1S/C17H17N3O3/c21-16-9-8-15(19-20(16)13-5-2-1-3-6-13)17(22)18-11-10-14-7-4-12-23-14/h1-7,12H,8-11H2,(H,18,22). The molecule has 2 amide bonds. The first-order chi connectivity index (χ1) is 11.2. The largest absolute Gasteiger partial charge is 0.469 e. The maximum Gasteiger partial charge on any atom is 0.267 e. The molecule has 1 aliphatic heterocycles. The van der Waals surface area contributed by atoms with Crippen molar-refractivity contribution in [3.8, 4) is 0 Å². The van der Waals surface area contributed by atoms with Gasteiger partial charge in [-0.05, 0) is 24.3 Å². The van der Waals surface area contributed by atoms with Crippen molar-refractivity contribution >= 4 is 23.2 Å². The Hall–Kier alpha value is -2.89. The Labute approximate surface area is 133 Å². The van der Waals surface area contributed by atoms with E-state index in [1.54, 1.807) is 18.4 Å². The number of nitrogens with zero attached hydrogens (tertiary/aromatic N) is 2. The van der Waals surface area contributed by atoms with Crippen LogP contribution >= 0.6 is 0 Å². The number of carbonyl (C=O) groups is 2. The van der Waals surface area contributed by atoms with Crippen molar-refractivity contribution in [3.63, 3.8) is 0 Å². The van der Waals surface area contributed by atoms with Crippen LogP contribution in [0.5, 0.6) is 0 Å².